The van der Waals surface area contributed by atoms with Crippen LogP contribution < -0.4 is 11.0 Å². The van der Waals surface area contributed by atoms with Crippen molar-refractivity contribution in [1.82, 2.24) is 14.5 Å². The van der Waals surface area contributed by atoms with Crippen LogP contribution in [0, 0.1) is 0 Å². The molecule has 7 heteroatoms. The molecule has 1 fully saturated rings. The Morgan fingerprint density at radius 2 is 1.83 bits per heavy atom. The lowest BCUT2D eigenvalue weighted by Gasteiger charge is -2.06. The lowest BCUT2D eigenvalue weighted by molar-refractivity contribution is -0.120. The fourth-order valence-corrected chi connectivity index (χ4v) is 2.90. The van der Waals surface area contributed by atoms with Crippen LogP contribution in [0.25, 0.3) is 11.0 Å². The van der Waals surface area contributed by atoms with E-state index in [1.54, 1.807) is 25.2 Å². The summed E-state index contributed by atoms with van der Waals surface area (Å²) in [4.78, 5) is 35.0. The Bertz CT molecular complexity index is 731. The number of thioether (sulfide) groups is 1. The zero-order valence-electron chi connectivity index (χ0n) is 9.41. The number of rotatable bonds is 1. The van der Waals surface area contributed by atoms with E-state index in [4.69, 9.17) is 0 Å². The summed E-state index contributed by atoms with van der Waals surface area (Å²) in [7, 11) is 1.64. The van der Waals surface area contributed by atoms with Crippen molar-refractivity contribution in [2.45, 2.75) is 5.37 Å². The molecule has 2 aromatic rings. The lowest BCUT2D eigenvalue weighted by Crippen LogP contribution is -2.30. The number of nitrogens with one attached hydrogen (secondary N) is 1. The molecule has 6 nitrogen and oxygen atoms in total. The number of hydrogen-bond acceptors (Lipinski definition) is 4. The summed E-state index contributed by atoms with van der Waals surface area (Å²) in [5, 5.41) is 0.934. The van der Waals surface area contributed by atoms with Crippen molar-refractivity contribution in [2.24, 2.45) is 7.05 Å². The van der Waals surface area contributed by atoms with Crippen LogP contribution in [0.15, 0.2) is 29.1 Å². The molecule has 1 atom stereocenters. The zero-order valence-corrected chi connectivity index (χ0v) is 10.2. The molecule has 0 aliphatic carbocycles. The number of carbonyl (C=O) groups excluding carboxylic acids is 2. The molecule has 1 aliphatic rings. The van der Waals surface area contributed by atoms with E-state index in [0.29, 0.717) is 5.52 Å². The topological polar surface area (TPSA) is 73.1 Å². The van der Waals surface area contributed by atoms with Crippen LogP contribution in [0.2, 0.25) is 0 Å². The Morgan fingerprint density at radius 3 is 2.44 bits per heavy atom. The third-order valence-corrected chi connectivity index (χ3v) is 3.86. The molecule has 1 aromatic carbocycles. The number of aryl methyl sites for hydroxylation is 1. The molecule has 1 N–H and O–H groups in total. The fourth-order valence-electron chi connectivity index (χ4n) is 2.06. The molecule has 0 saturated carbocycles. The number of nitrogens with zero attached hydrogens (tertiary/aromatic N) is 2. The summed E-state index contributed by atoms with van der Waals surface area (Å²) < 4.78 is 2.81. The van der Waals surface area contributed by atoms with Crippen LogP contribution in [0.1, 0.15) is 5.37 Å². The van der Waals surface area contributed by atoms with Crippen LogP contribution >= 0.6 is 11.8 Å². The number of carbonyl (C=O) groups is 2. The van der Waals surface area contributed by atoms with Gasteiger partial charge in [-0.2, -0.15) is 0 Å². The first kappa shape index (κ1) is 11.1. The van der Waals surface area contributed by atoms with Crippen LogP contribution in [0.5, 0.6) is 0 Å². The molecule has 2 heterocycles. The number of para-hydroxylation sites is 2. The van der Waals surface area contributed by atoms with Gasteiger partial charge < -0.3 is 0 Å². The highest BCUT2D eigenvalue weighted by molar-refractivity contribution is 8.14. The van der Waals surface area contributed by atoms with Gasteiger partial charge in [0, 0.05) is 7.05 Å². The number of amides is 2. The number of imidazole rings is 1. The van der Waals surface area contributed by atoms with Crippen molar-refractivity contribution in [3.05, 3.63) is 34.7 Å². The maximum Gasteiger partial charge on any atom is 0.330 e. The van der Waals surface area contributed by atoms with Gasteiger partial charge in [0.05, 0.1) is 11.0 Å². The molecule has 0 spiro atoms. The van der Waals surface area contributed by atoms with E-state index in [0.717, 1.165) is 17.3 Å². The van der Waals surface area contributed by atoms with Gasteiger partial charge in [0.2, 0.25) is 0 Å². The summed E-state index contributed by atoms with van der Waals surface area (Å²) in [5.41, 5.74) is 1.07. The predicted octanol–water partition coefficient (Wildman–Crippen LogP) is 0.822. The van der Waals surface area contributed by atoms with Gasteiger partial charge in [-0.05, 0) is 23.9 Å². The quantitative estimate of drug-likeness (QED) is 0.826. The lowest BCUT2D eigenvalue weighted by atomic mass is 10.3. The average molecular weight is 263 g/mol. The number of aromatic nitrogens is 2. The molecular weight excluding hydrogens is 254 g/mol. The second kappa shape index (κ2) is 3.74. The summed E-state index contributed by atoms with van der Waals surface area (Å²) in [6, 6.07) is 7.16. The van der Waals surface area contributed by atoms with E-state index in [2.05, 4.69) is 5.32 Å². The van der Waals surface area contributed by atoms with Gasteiger partial charge in [0.25, 0.3) is 11.1 Å². The average Bonchev–Trinajstić information content (AvgIpc) is 2.79. The number of imide groups is 1. The van der Waals surface area contributed by atoms with E-state index in [1.165, 1.54) is 9.13 Å². The van der Waals surface area contributed by atoms with Crippen molar-refractivity contribution in [3.63, 3.8) is 0 Å². The van der Waals surface area contributed by atoms with E-state index < -0.39 is 16.5 Å². The highest BCUT2D eigenvalue weighted by Crippen LogP contribution is 2.30. The Labute approximate surface area is 106 Å². The summed E-state index contributed by atoms with van der Waals surface area (Å²) >= 11 is 0.819. The van der Waals surface area contributed by atoms with Gasteiger partial charge in [-0.15, -0.1) is 0 Å². The maximum atomic E-state index is 12.1. The molecular formula is C11H9N3O3S. The van der Waals surface area contributed by atoms with Crippen LogP contribution in [0.3, 0.4) is 0 Å². The van der Waals surface area contributed by atoms with Crippen LogP contribution in [-0.2, 0) is 11.8 Å². The van der Waals surface area contributed by atoms with Crippen molar-refractivity contribution in [2.75, 3.05) is 0 Å². The largest absolute Gasteiger partial charge is 0.330 e. The van der Waals surface area contributed by atoms with Gasteiger partial charge >= 0.3 is 5.69 Å². The van der Waals surface area contributed by atoms with Crippen molar-refractivity contribution < 1.29 is 9.59 Å². The molecule has 0 radical (unpaired) electrons. The molecule has 2 amide bonds. The molecule has 1 saturated heterocycles. The van der Waals surface area contributed by atoms with E-state index >= 15 is 0 Å². The minimum atomic E-state index is -0.823. The van der Waals surface area contributed by atoms with Crippen molar-refractivity contribution in [1.29, 1.82) is 0 Å². The normalized spacial score (nSPS) is 19.5. The highest BCUT2D eigenvalue weighted by atomic mass is 32.2. The Hall–Kier alpha value is -2.02. The molecule has 1 aromatic heterocycles. The van der Waals surface area contributed by atoms with Crippen molar-refractivity contribution >= 4 is 33.9 Å². The molecule has 3 rings (SSSR count). The van der Waals surface area contributed by atoms with Gasteiger partial charge in [-0.1, -0.05) is 12.1 Å². The first-order valence-corrected chi connectivity index (χ1v) is 6.15. The van der Waals surface area contributed by atoms with E-state index in [1.807, 2.05) is 6.07 Å². The molecule has 0 bridgehead atoms. The first-order chi connectivity index (χ1) is 8.59. The van der Waals surface area contributed by atoms with E-state index in [-0.39, 0.29) is 5.69 Å². The molecule has 1 unspecified atom stereocenters. The highest BCUT2D eigenvalue weighted by Gasteiger charge is 2.35. The standard InChI is InChI=1S/C11H9N3O3S/c1-13-6-4-2-3-5-7(6)14(11(13)17)9-8(15)12-10(16)18-9/h2-5,9H,1H3,(H,12,15,16). The smallest absolute Gasteiger partial charge is 0.295 e. The zero-order chi connectivity index (χ0) is 12.9. The second-order valence-electron chi connectivity index (χ2n) is 3.95. The Morgan fingerprint density at radius 1 is 1.17 bits per heavy atom. The van der Waals surface area contributed by atoms with Crippen molar-refractivity contribution in [3.8, 4) is 0 Å². The third-order valence-electron chi connectivity index (χ3n) is 2.90. The van der Waals surface area contributed by atoms with Gasteiger partial charge in [0.15, 0.2) is 5.37 Å². The monoisotopic (exact) mass is 263 g/mol. The molecule has 92 valence electrons. The Balaban J connectivity index is 2.30. The number of benzene rings is 1. The van der Waals surface area contributed by atoms with Gasteiger partial charge in [0.1, 0.15) is 0 Å². The second-order valence-corrected chi connectivity index (χ2v) is 5.00. The SMILES string of the molecule is Cn1c(=O)n(C2SC(=O)NC2=O)c2ccccc21. The van der Waals surface area contributed by atoms with E-state index in [9.17, 15) is 14.4 Å². The van der Waals surface area contributed by atoms with Gasteiger partial charge in [-0.3, -0.25) is 24.0 Å². The fraction of sp³-hybridized carbons (Fsp3) is 0.182. The van der Waals surface area contributed by atoms with Gasteiger partial charge in [-0.25, -0.2) is 4.79 Å². The maximum absolute atomic E-state index is 12.1. The van der Waals surface area contributed by atoms with Crippen LogP contribution in [0.4, 0.5) is 4.79 Å². The molecule has 1 aliphatic heterocycles. The minimum Gasteiger partial charge on any atom is -0.295 e. The molecule has 18 heavy (non-hydrogen) atoms. The minimum absolute atomic E-state index is 0.307. The summed E-state index contributed by atoms with van der Waals surface area (Å²) in [6.45, 7) is 0. The Kier molecular flexibility index (Phi) is 2.30. The summed E-state index contributed by atoms with van der Waals surface area (Å²) in [6.07, 6.45) is 0. The first-order valence-electron chi connectivity index (χ1n) is 5.27. The predicted molar refractivity (Wildman–Crippen MR) is 67.3 cm³/mol. The number of fused-ring (bicyclic) bond motifs is 1. The summed E-state index contributed by atoms with van der Waals surface area (Å²) in [5.74, 6) is -0.455. The van der Waals surface area contributed by atoms with Crippen LogP contribution in [-0.4, -0.2) is 20.3 Å². The number of hydrogen-bond donors (Lipinski definition) is 1. The third kappa shape index (κ3) is 1.40.